The molecule has 0 saturated carbocycles. The number of para-hydroxylation sites is 1. The quantitative estimate of drug-likeness (QED) is 0.795. The Bertz CT molecular complexity index is 877. The summed E-state index contributed by atoms with van der Waals surface area (Å²) in [5.74, 6) is -0.303. The Labute approximate surface area is 170 Å². The van der Waals surface area contributed by atoms with E-state index < -0.39 is 6.04 Å². The molecule has 2 aliphatic rings. The number of hydrogen-bond acceptors (Lipinski definition) is 4. The van der Waals surface area contributed by atoms with E-state index in [0.29, 0.717) is 38.2 Å². The Morgan fingerprint density at radius 3 is 2.21 bits per heavy atom. The minimum atomic E-state index is -0.420. The van der Waals surface area contributed by atoms with Crippen LogP contribution in [0.1, 0.15) is 24.8 Å². The lowest BCUT2D eigenvalue weighted by molar-refractivity contribution is -0.127. The number of amides is 3. The summed E-state index contributed by atoms with van der Waals surface area (Å²) in [5, 5.41) is 3.01. The van der Waals surface area contributed by atoms with E-state index >= 15 is 0 Å². The van der Waals surface area contributed by atoms with Crippen molar-refractivity contribution in [2.24, 2.45) is 5.92 Å². The highest BCUT2D eigenvalue weighted by Gasteiger charge is 2.43. The van der Waals surface area contributed by atoms with Gasteiger partial charge < -0.3 is 5.32 Å². The predicted molar refractivity (Wildman–Crippen MR) is 110 cm³/mol. The predicted octanol–water partition coefficient (Wildman–Crippen LogP) is 2.35. The molecule has 29 heavy (non-hydrogen) atoms. The van der Waals surface area contributed by atoms with Gasteiger partial charge in [0.05, 0.1) is 18.2 Å². The molecule has 1 atom stereocenters. The zero-order valence-electron chi connectivity index (χ0n) is 16.3. The summed E-state index contributed by atoms with van der Waals surface area (Å²) in [4.78, 5) is 41.2. The van der Waals surface area contributed by atoms with E-state index in [9.17, 15) is 14.4 Å². The maximum Gasteiger partial charge on any atom is 0.251 e. The van der Waals surface area contributed by atoms with Crippen molar-refractivity contribution in [2.75, 3.05) is 18.0 Å². The molecule has 1 N–H and O–H groups in total. The first-order chi connectivity index (χ1) is 14.1. The van der Waals surface area contributed by atoms with Crippen molar-refractivity contribution in [3.8, 4) is 0 Å². The Balaban J connectivity index is 1.31. The van der Waals surface area contributed by atoms with Gasteiger partial charge in [-0.2, -0.15) is 0 Å². The van der Waals surface area contributed by atoms with Crippen molar-refractivity contribution in [3.05, 3.63) is 66.2 Å². The van der Waals surface area contributed by atoms with Crippen LogP contribution < -0.4 is 10.2 Å². The summed E-state index contributed by atoms with van der Waals surface area (Å²) < 4.78 is 0. The fourth-order valence-corrected chi connectivity index (χ4v) is 4.15. The molecule has 2 fully saturated rings. The second kappa shape index (κ2) is 8.57. The van der Waals surface area contributed by atoms with Crippen LogP contribution in [-0.2, 0) is 20.9 Å². The number of hydrogen-bond donors (Lipinski definition) is 1. The first-order valence-electron chi connectivity index (χ1n) is 10.1. The maximum absolute atomic E-state index is 12.9. The molecule has 150 valence electrons. The molecular weight excluding hydrogens is 366 g/mol. The molecule has 0 radical (unpaired) electrons. The van der Waals surface area contributed by atoms with E-state index in [2.05, 4.69) is 10.2 Å². The average molecular weight is 391 g/mol. The number of carbonyl (C=O) groups excluding carboxylic acids is 3. The summed E-state index contributed by atoms with van der Waals surface area (Å²) in [6.45, 7) is 1.83. The highest BCUT2D eigenvalue weighted by molar-refractivity contribution is 6.22. The Kier molecular flexibility index (Phi) is 5.71. The molecule has 2 heterocycles. The van der Waals surface area contributed by atoms with Gasteiger partial charge in [0.15, 0.2) is 0 Å². The molecule has 0 spiro atoms. The van der Waals surface area contributed by atoms with Crippen molar-refractivity contribution >= 4 is 23.4 Å². The second-order valence-electron chi connectivity index (χ2n) is 7.64. The third kappa shape index (κ3) is 4.22. The van der Waals surface area contributed by atoms with Crippen LogP contribution >= 0.6 is 0 Å². The van der Waals surface area contributed by atoms with Gasteiger partial charge in [-0.15, -0.1) is 0 Å². The van der Waals surface area contributed by atoms with Crippen LogP contribution in [0.15, 0.2) is 60.7 Å². The van der Waals surface area contributed by atoms with Crippen LogP contribution in [0, 0.1) is 5.92 Å². The Hall–Kier alpha value is -2.99. The topological polar surface area (TPSA) is 69.7 Å². The molecule has 0 aromatic heterocycles. The van der Waals surface area contributed by atoms with Crippen molar-refractivity contribution in [3.63, 3.8) is 0 Å². The molecular formula is C23H25N3O3. The van der Waals surface area contributed by atoms with Gasteiger partial charge in [-0.3, -0.25) is 19.3 Å². The molecule has 4 rings (SSSR count). The molecule has 0 bridgehead atoms. The lowest BCUT2D eigenvalue weighted by Crippen LogP contribution is -2.48. The lowest BCUT2D eigenvalue weighted by atomic mass is 9.94. The molecule has 2 aromatic rings. The number of piperidine rings is 1. The van der Waals surface area contributed by atoms with E-state index in [1.165, 1.54) is 4.90 Å². The number of imide groups is 1. The van der Waals surface area contributed by atoms with E-state index in [0.717, 1.165) is 5.56 Å². The first kappa shape index (κ1) is 19.3. The van der Waals surface area contributed by atoms with Crippen molar-refractivity contribution in [1.82, 2.24) is 10.2 Å². The van der Waals surface area contributed by atoms with E-state index in [1.54, 1.807) is 12.1 Å². The standard InChI is InChI=1S/C23H25N3O3/c27-21-15-20(23(29)26(21)19-9-5-2-6-10-19)25-13-11-18(12-14-25)22(28)24-16-17-7-3-1-4-8-17/h1-10,18,20H,11-16H2,(H,24,28)/t20-/m0/s1. The number of rotatable bonds is 5. The van der Waals surface area contributed by atoms with Gasteiger partial charge in [-0.05, 0) is 43.6 Å². The molecule has 2 saturated heterocycles. The molecule has 2 aliphatic heterocycles. The summed E-state index contributed by atoms with van der Waals surface area (Å²) in [5.41, 5.74) is 1.70. The van der Waals surface area contributed by atoms with Crippen molar-refractivity contribution in [2.45, 2.75) is 31.8 Å². The molecule has 6 nitrogen and oxygen atoms in total. The highest BCUT2D eigenvalue weighted by atomic mass is 16.2. The summed E-state index contributed by atoms with van der Waals surface area (Å²) in [6.07, 6.45) is 1.60. The number of likely N-dealkylation sites (tertiary alicyclic amines) is 1. The average Bonchev–Trinajstić information content (AvgIpc) is 3.07. The third-order valence-corrected chi connectivity index (χ3v) is 5.79. The normalized spacial score (nSPS) is 20.8. The zero-order valence-corrected chi connectivity index (χ0v) is 16.3. The zero-order chi connectivity index (χ0) is 20.2. The number of nitrogens with zero attached hydrogens (tertiary/aromatic N) is 2. The van der Waals surface area contributed by atoms with Crippen molar-refractivity contribution in [1.29, 1.82) is 0 Å². The monoisotopic (exact) mass is 391 g/mol. The highest BCUT2D eigenvalue weighted by Crippen LogP contribution is 2.28. The van der Waals surface area contributed by atoms with Crippen LogP contribution in [0.25, 0.3) is 0 Å². The number of nitrogens with one attached hydrogen (secondary N) is 1. The van der Waals surface area contributed by atoms with Crippen molar-refractivity contribution < 1.29 is 14.4 Å². The molecule has 0 aliphatic carbocycles. The van der Waals surface area contributed by atoms with Crippen LogP contribution in [0.3, 0.4) is 0 Å². The van der Waals surface area contributed by atoms with Gasteiger partial charge >= 0.3 is 0 Å². The van der Waals surface area contributed by atoms with Gasteiger partial charge in [0, 0.05) is 12.5 Å². The van der Waals surface area contributed by atoms with Gasteiger partial charge in [0.25, 0.3) is 5.91 Å². The summed E-state index contributed by atoms with van der Waals surface area (Å²) in [6, 6.07) is 18.5. The van der Waals surface area contributed by atoms with Crippen LogP contribution in [0.2, 0.25) is 0 Å². The Morgan fingerprint density at radius 2 is 1.55 bits per heavy atom. The third-order valence-electron chi connectivity index (χ3n) is 5.79. The molecule has 3 amide bonds. The summed E-state index contributed by atoms with van der Waals surface area (Å²) in [7, 11) is 0. The fourth-order valence-electron chi connectivity index (χ4n) is 4.15. The molecule has 2 aromatic carbocycles. The number of benzene rings is 2. The minimum absolute atomic E-state index is 0.0487. The van der Waals surface area contributed by atoms with E-state index in [1.807, 2.05) is 48.5 Å². The first-order valence-corrected chi connectivity index (χ1v) is 10.1. The summed E-state index contributed by atoms with van der Waals surface area (Å²) >= 11 is 0. The number of anilines is 1. The van der Waals surface area contributed by atoms with Crippen LogP contribution in [0.5, 0.6) is 0 Å². The fraction of sp³-hybridized carbons (Fsp3) is 0.348. The smallest absolute Gasteiger partial charge is 0.251 e. The van der Waals surface area contributed by atoms with E-state index in [-0.39, 0.29) is 30.1 Å². The van der Waals surface area contributed by atoms with E-state index in [4.69, 9.17) is 0 Å². The lowest BCUT2D eigenvalue weighted by Gasteiger charge is -2.34. The maximum atomic E-state index is 12.9. The Morgan fingerprint density at radius 1 is 0.931 bits per heavy atom. The van der Waals surface area contributed by atoms with Crippen LogP contribution in [0.4, 0.5) is 5.69 Å². The number of carbonyl (C=O) groups is 3. The van der Waals surface area contributed by atoms with Gasteiger partial charge in [-0.1, -0.05) is 48.5 Å². The molecule has 6 heteroatoms. The van der Waals surface area contributed by atoms with Gasteiger partial charge in [0.1, 0.15) is 0 Å². The SMILES string of the molecule is O=C(NCc1ccccc1)C1CCN([C@H]2CC(=O)N(c3ccccc3)C2=O)CC1. The second-order valence-corrected chi connectivity index (χ2v) is 7.64. The largest absolute Gasteiger partial charge is 0.352 e. The van der Waals surface area contributed by atoms with Crippen LogP contribution in [-0.4, -0.2) is 41.8 Å². The van der Waals surface area contributed by atoms with Gasteiger partial charge in [0.2, 0.25) is 11.8 Å². The molecule has 0 unspecified atom stereocenters. The van der Waals surface area contributed by atoms with Gasteiger partial charge in [-0.25, -0.2) is 4.90 Å². The minimum Gasteiger partial charge on any atom is -0.352 e.